The first-order chi connectivity index (χ1) is 10.7. The summed E-state index contributed by atoms with van der Waals surface area (Å²) >= 11 is 3.51. The van der Waals surface area contributed by atoms with Crippen LogP contribution >= 0.6 is 15.9 Å². The number of hydrogen-bond acceptors (Lipinski definition) is 2. The fourth-order valence-corrected chi connectivity index (χ4v) is 4.19. The van der Waals surface area contributed by atoms with Crippen LogP contribution in [0.1, 0.15) is 46.4 Å². The Kier molecular flexibility index (Phi) is 3.30. The number of hydrogen-bond donors (Lipinski definition) is 0. The second-order valence-corrected chi connectivity index (χ2v) is 7.05. The van der Waals surface area contributed by atoms with Crippen LogP contribution in [0, 0.1) is 5.92 Å². The maximum Gasteiger partial charge on any atom is 0.261 e. The highest BCUT2D eigenvalue weighted by Gasteiger charge is 2.34. The minimum absolute atomic E-state index is 0.145. The minimum Gasteiger partial charge on any atom is -0.274 e. The molecule has 1 fully saturated rings. The van der Waals surface area contributed by atoms with Gasteiger partial charge in [0.05, 0.1) is 0 Å². The summed E-state index contributed by atoms with van der Waals surface area (Å²) in [5.74, 6) is 0.172. The van der Waals surface area contributed by atoms with Gasteiger partial charge >= 0.3 is 0 Å². The first kappa shape index (κ1) is 13.9. The maximum absolute atomic E-state index is 12.8. The van der Waals surface area contributed by atoms with E-state index in [0.29, 0.717) is 23.6 Å². The van der Waals surface area contributed by atoms with Crippen LogP contribution in [0.5, 0.6) is 0 Å². The predicted octanol–water partition coefficient (Wildman–Crippen LogP) is 4.39. The molecule has 0 spiro atoms. The van der Waals surface area contributed by atoms with E-state index in [0.717, 1.165) is 28.1 Å². The van der Waals surface area contributed by atoms with Gasteiger partial charge in [-0.3, -0.25) is 14.5 Å². The van der Waals surface area contributed by atoms with Crippen molar-refractivity contribution < 1.29 is 9.59 Å². The molecule has 2 aromatic carbocycles. The lowest BCUT2D eigenvalue weighted by molar-refractivity contribution is 0.0586. The molecule has 0 aromatic heterocycles. The topological polar surface area (TPSA) is 37.4 Å². The zero-order chi connectivity index (χ0) is 15.3. The predicted molar refractivity (Wildman–Crippen MR) is 89.0 cm³/mol. The van der Waals surface area contributed by atoms with Crippen molar-refractivity contribution in [1.29, 1.82) is 0 Å². The molecule has 0 N–H and O–H groups in total. The molecule has 1 aliphatic heterocycles. The van der Waals surface area contributed by atoms with Crippen molar-refractivity contribution in [3.63, 3.8) is 0 Å². The van der Waals surface area contributed by atoms with Gasteiger partial charge in [0.15, 0.2) is 0 Å². The van der Waals surface area contributed by atoms with E-state index in [4.69, 9.17) is 0 Å². The Labute approximate surface area is 137 Å². The highest BCUT2D eigenvalue weighted by atomic mass is 79.9. The highest BCUT2D eigenvalue weighted by Crippen LogP contribution is 2.35. The Hall–Kier alpha value is -1.68. The summed E-state index contributed by atoms with van der Waals surface area (Å²) in [7, 11) is 0. The number of benzene rings is 2. The van der Waals surface area contributed by atoms with Gasteiger partial charge in [0, 0.05) is 27.5 Å². The van der Waals surface area contributed by atoms with Crippen LogP contribution in [0.2, 0.25) is 0 Å². The summed E-state index contributed by atoms with van der Waals surface area (Å²) < 4.78 is 0.915. The highest BCUT2D eigenvalue weighted by molar-refractivity contribution is 9.10. The van der Waals surface area contributed by atoms with Crippen LogP contribution in [0.4, 0.5) is 0 Å². The summed E-state index contributed by atoms with van der Waals surface area (Å²) in [6.45, 7) is 0.559. The molecule has 1 heterocycles. The van der Waals surface area contributed by atoms with E-state index in [1.54, 1.807) is 0 Å². The van der Waals surface area contributed by atoms with E-state index in [1.165, 1.54) is 17.7 Å². The molecule has 2 amide bonds. The fourth-order valence-electron chi connectivity index (χ4n) is 3.73. The van der Waals surface area contributed by atoms with Crippen LogP contribution in [0.3, 0.4) is 0 Å². The lowest BCUT2D eigenvalue weighted by Gasteiger charge is -2.29. The van der Waals surface area contributed by atoms with Crippen LogP contribution < -0.4 is 0 Å². The van der Waals surface area contributed by atoms with Crippen LogP contribution in [-0.4, -0.2) is 23.3 Å². The molecule has 22 heavy (non-hydrogen) atoms. The molecule has 112 valence electrons. The second-order valence-electron chi connectivity index (χ2n) is 6.19. The van der Waals surface area contributed by atoms with E-state index >= 15 is 0 Å². The quantitative estimate of drug-likeness (QED) is 0.747. The maximum atomic E-state index is 12.8. The third kappa shape index (κ3) is 2.01. The molecule has 0 atom stereocenters. The van der Waals surface area contributed by atoms with Gasteiger partial charge < -0.3 is 0 Å². The monoisotopic (exact) mass is 357 g/mol. The zero-order valence-corrected chi connectivity index (χ0v) is 13.7. The van der Waals surface area contributed by atoms with E-state index in [9.17, 15) is 9.59 Å². The first-order valence-electron chi connectivity index (χ1n) is 7.74. The van der Waals surface area contributed by atoms with Gasteiger partial charge in [0.2, 0.25) is 0 Å². The number of carbonyl (C=O) groups excluding carboxylic acids is 2. The Morgan fingerprint density at radius 3 is 2.41 bits per heavy atom. The standard InChI is InChI=1S/C18H16BrNO2/c19-15-9-8-14-16-12(15)6-3-7-13(16)17(21)20(18(14)22)10-11-4-1-2-5-11/h3,6-9,11H,1-2,4-5,10H2. The third-order valence-electron chi connectivity index (χ3n) is 4.85. The van der Waals surface area contributed by atoms with E-state index in [2.05, 4.69) is 15.9 Å². The van der Waals surface area contributed by atoms with Gasteiger partial charge in [0.25, 0.3) is 11.8 Å². The van der Waals surface area contributed by atoms with Gasteiger partial charge in [-0.1, -0.05) is 40.9 Å². The minimum atomic E-state index is -0.145. The molecule has 3 nitrogen and oxygen atoms in total. The van der Waals surface area contributed by atoms with Crippen molar-refractivity contribution in [3.05, 3.63) is 45.9 Å². The van der Waals surface area contributed by atoms with Gasteiger partial charge in [0.1, 0.15) is 0 Å². The lowest BCUT2D eigenvalue weighted by Crippen LogP contribution is -2.42. The van der Waals surface area contributed by atoms with Gasteiger partial charge in [-0.25, -0.2) is 0 Å². The summed E-state index contributed by atoms with van der Waals surface area (Å²) in [5, 5.41) is 1.71. The number of carbonyl (C=O) groups is 2. The third-order valence-corrected chi connectivity index (χ3v) is 5.55. The number of rotatable bonds is 2. The SMILES string of the molecule is O=C1c2cccc3c(Br)ccc(c23)C(=O)N1CC1CCCC1. The zero-order valence-electron chi connectivity index (χ0n) is 12.1. The van der Waals surface area contributed by atoms with Gasteiger partial charge in [-0.15, -0.1) is 0 Å². The molecule has 0 saturated heterocycles. The van der Waals surface area contributed by atoms with E-state index < -0.39 is 0 Å². The molecule has 0 unspecified atom stereocenters. The first-order valence-corrected chi connectivity index (χ1v) is 8.53. The van der Waals surface area contributed by atoms with Crippen molar-refractivity contribution in [2.75, 3.05) is 6.54 Å². The van der Waals surface area contributed by atoms with Crippen LogP contribution in [0.25, 0.3) is 10.8 Å². The second kappa shape index (κ2) is 5.20. The lowest BCUT2D eigenvalue weighted by atomic mass is 9.93. The summed E-state index contributed by atoms with van der Waals surface area (Å²) in [5.41, 5.74) is 1.29. The van der Waals surface area contributed by atoms with Crippen molar-refractivity contribution in [1.82, 2.24) is 4.90 Å². The molecule has 4 heteroatoms. The molecule has 2 aliphatic rings. The fraction of sp³-hybridized carbons (Fsp3) is 0.333. The number of nitrogens with zero attached hydrogens (tertiary/aromatic N) is 1. The van der Waals surface area contributed by atoms with Crippen molar-refractivity contribution in [2.45, 2.75) is 25.7 Å². The Morgan fingerprint density at radius 2 is 1.68 bits per heavy atom. The summed E-state index contributed by atoms with van der Waals surface area (Å²) in [6, 6.07) is 9.37. The Bertz CT molecular complexity index is 771. The molecule has 4 rings (SSSR count). The van der Waals surface area contributed by atoms with E-state index in [1.807, 2.05) is 30.3 Å². The van der Waals surface area contributed by atoms with Crippen molar-refractivity contribution >= 4 is 38.5 Å². The molecule has 0 bridgehead atoms. The number of halogens is 1. The van der Waals surface area contributed by atoms with Crippen molar-refractivity contribution in [3.8, 4) is 0 Å². The molecular weight excluding hydrogens is 342 g/mol. The molecule has 1 aliphatic carbocycles. The molecular formula is C18H16BrNO2. The van der Waals surface area contributed by atoms with Gasteiger partial charge in [-0.05, 0) is 42.3 Å². The smallest absolute Gasteiger partial charge is 0.261 e. The molecule has 1 saturated carbocycles. The largest absolute Gasteiger partial charge is 0.274 e. The summed E-state index contributed by atoms with van der Waals surface area (Å²) in [4.78, 5) is 27.1. The Balaban J connectivity index is 1.83. The van der Waals surface area contributed by atoms with Crippen LogP contribution in [0.15, 0.2) is 34.8 Å². The number of imide groups is 1. The Morgan fingerprint density at radius 1 is 1.00 bits per heavy atom. The van der Waals surface area contributed by atoms with Gasteiger partial charge in [-0.2, -0.15) is 0 Å². The van der Waals surface area contributed by atoms with E-state index in [-0.39, 0.29) is 11.8 Å². The molecule has 0 radical (unpaired) electrons. The average Bonchev–Trinajstić information content (AvgIpc) is 3.03. The average molecular weight is 358 g/mol. The normalized spacial score (nSPS) is 18.5. The summed E-state index contributed by atoms with van der Waals surface area (Å²) in [6.07, 6.45) is 4.66. The molecule has 2 aromatic rings. The van der Waals surface area contributed by atoms with Crippen LogP contribution in [-0.2, 0) is 0 Å². The van der Waals surface area contributed by atoms with Crippen molar-refractivity contribution in [2.24, 2.45) is 5.92 Å². The number of amides is 2.